The molecule has 2 fully saturated rings. The third-order valence-corrected chi connectivity index (χ3v) is 4.13. The van der Waals surface area contributed by atoms with Crippen molar-refractivity contribution in [3.05, 3.63) is 0 Å². The van der Waals surface area contributed by atoms with Crippen LogP contribution in [0.4, 0.5) is 0 Å². The van der Waals surface area contributed by atoms with Crippen molar-refractivity contribution >= 4 is 0 Å². The predicted octanol–water partition coefficient (Wildman–Crippen LogP) is 1.85. The van der Waals surface area contributed by atoms with Gasteiger partial charge in [0.2, 0.25) is 0 Å². The van der Waals surface area contributed by atoms with Gasteiger partial charge in [-0.2, -0.15) is 0 Å². The van der Waals surface area contributed by atoms with Crippen molar-refractivity contribution < 1.29 is 0 Å². The number of rotatable bonds is 2. The zero-order chi connectivity index (χ0) is 9.97. The molecule has 0 amide bonds. The summed E-state index contributed by atoms with van der Waals surface area (Å²) in [6.07, 6.45) is 6.96. The second kappa shape index (κ2) is 4.63. The van der Waals surface area contributed by atoms with E-state index in [0.29, 0.717) is 0 Å². The van der Waals surface area contributed by atoms with E-state index >= 15 is 0 Å². The van der Waals surface area contributed by atoms with Gasteiger partial charge in [-0.05, 0) is 57.2 Å². The van der Waals surface area contributed by atoms with Crippen LogP contribution in [0, 0.1) is 11.8 Å². The molecule has 2 heteroatoms. The molecule has 82 valence electrons. The van der Waals surface area contributed by atoms with Crippen LogP contribution in [0.5, 0.6) is 0 Å². The molecule has 0 aromatic rings. The summed E-state index contributed by atoms with van der Waals surface area (Å²) < 4.78 is 0. The van der Waals surface area contributed by atoms with Crippen LogP contribution in [0.1, 0.15) is 39.0 Å². The molecule has 0 aromatic carbocycles. The third kappa shape index (κ3) is 2.12. The first-order valence-electron chi connectivity index (χ1n) is 6.25. The Balaban J connectivity index is 1.96. The highest BCUT2D eigenvalue weighted by molar-refractivity contribution is 4.87. The molecule has 3 atom stereocenters. The number of nitrogens with zero attached hydrogens (tertiary/aromatic N) is 1. The fraction of sp³-hybridized carbons (Fsp3) is 1.00. The summed E-state index contributed by atoms with van der Waals surface area (Å²) in [5.41, 5.74) is 5.88. The van der Waals surface area contributed by atoms with Gasteiger partial charge >= 0.3 is 0 Å². The molecule has 1 aliphatic heterocycles. The Hall–Kier alpha value is -0.0800. The largest absolute Gasteiger partial charge is 0.330 e. The Labute approximate surface area is 87.8 Å². The number of hydrogen-bond donors (Lipinski definition) is 1. The molecule has 2 N–H and O–H groups in total. The van der Waals surface area contributed by atoms with E-state index in [1.54, 1.807) is 0 Å². The Kier molecular flexibility index (Phi) is 3.45. The minimum absolute atomic E-state index is 0.782. The molecule has 0 bridgehead atoms. The smallest absolute Gasteiger partial charge is 0.0138 e. The molecule has 0 aromatic heterocycles. The van der Waals surface area contributed by atoms with Crippen LogP contribution in [0.2, 0.25) is 0 Å². The van der Waals surface area contributed by atoms with Crippen LogP contribution >= 0.6 is 0 Å². The summed E-state index contributed by atoms with van der Waals surface area (Å²) in [5, 5.41) is 0. The van der Waals surface area contributed by atoms with Crippen LogP contribution in [-0.4, -0.2) is 30.6 Å². The van der Waals surface area contributed by atoms with E-state index in [9.17, 15) is 0 Å². The Morgan fingerprint density at radius 2 is 1.93 bits per heavy atom. The summed E-state index contributed by atoms with van der Waals surface area (Å²) in [7, 11) is 0. The van der Waals surface area contributed by atoms with Gasteiger partial charge in [0.1, 0.15) is 0 Å². The van der Waals surface area contributed by atoms with Crippen LogP contribution in [0.25, 0.3) is 0 Å². The zero-order valence-corrected chi connectivity index (χ0v) is 9.41. The normalized spacial score (nSPS) is 40.3. The molecule has 0 spiro atoms. The van der Waals surface area contributed by atoms with E-state index in [2.05, 4.69) is 11.8 Å². The van der Waals surface area contributed by atoms with Crippen molar-refractivity contribution in [2.75, 3.05) is 19.6 Å². The summed E-state index contributed by atoms with van der Waals surface area (Å²) in [4.78, 5) is 2.70. The van der Waals surface area contributed by atoms with Gasteiger partial charge in [0, 0.05) is 6.04 Å². The molecule has 2 aliphatic rings. The molecule has 1 saturated heterocycles. The molecule has 14 heavy (non-hydrogen) atoms. The van der Waals surface area contributed by atoms with Gasteiger partial charge in [-0.25, -0.2) is 0 Å². The Morgan fingerprint density at radius 3 is 2.57 bits per heavy atom. The maximum absolute atomic E-state index is 5.88. The lowest BCUT2D eigenvalue weighted by Gasteiger charge is -2.40. The fourth-order valence-corrected chi connectivity index (χ4v) is 3.21. The van der Waals surface area contributed by atoms with E-state index in [1.807, 2.05) is 0 Å². The van der Waals surface area contributed by atoms with Gasteiger partial charge in [0.05, 0.1) is 0 Å². The minimum atomic E-state index is 0.782. The molecule has 1 aliphatic carbocycles. The maximum atomic E-state index is 5.88. The lowest BCUT2D eigenvalue weighted by atomic mass is 9.78. The van der Waals surface area contributed by atoms with Crippen molar-refractivity contribution in [3.63, 3.8) is 0 Å². The molecular weight excluding hydrogens is 172 g/mol. The first kappa shape index (κ1) is 10.4. The summed E-state index contributed by atoms with van der Waals surface area (Å²) in [5.74, 6) is 1.70. The standard InChI is InChI=1S/C12H24N2/c1-10-4-5-11(9-13)12(8-10)14-6-2-3-7-14/h10-12H,2-9,13H2,1H3. The maximum Gasteiger partial charge on any atom is 0.0138 e. The van der Waals surface area contributed by atoms with E-state index in [1.165, 1.54) is 45.2 Å². The Bertz CT molecular complexity index is 173. The summed E-state index contributed by atoms with van der Waals surface area (Å²) in [6, 6.07) is 0.811. The summed E-state index contributed by atoms with van der Waals surface area (Å²) in [6.45, 7) is 5.95. The van der Waals surface area contributed by atoms with E-state index in [4.69, 9.17) is 5.73 Å². The van der Waals surface area contributed by atoms with Crippen molar-refractivity contribution in [1.29, 1.82) is 0 Å². The fourth-order valence-electron chi connectivity index (χ4n) is 3.21. The number of hydrogen-bond acceptors (Lipinski definition) is 2. The third-order valence-electron chi connectivity index (χ3n) is 4.13. The van der Waals surface area contributed by atoms with E-state index in [0.717, 1.165) is 24.4 Å². The quantitative estimate of drug-likeness (QED) is 0.730. The first-order valence-corrected chi connectivity index (χ1v) is 6.25. The van der Waals surface area contributed by atoms with Crippen LogP contribution in [0.15, 0.2) is 0 Å². The highest BCUT2D eigenvalue weighted by atomic mass is 15.2. The van der Waals surface area contributed by atoms with Gasteiger partial charge in [-0.1, -0.05) is 13.3 Å². The average molecular weight is 196 g/mol. The van der Waals surface area contributed by atoms with Gasteiger partial charge in [-0.3, -0.25) is 0 Å². The lowest BCUT2D eigenvalue weighted by Crippen LogP contribution is -2.45. The monoisotopic (exact) mass is 196 g/mol. The zero-order valence-electron chi connectivity index (χ0n) is 9.41. The second-order valence-electron chi connectivity index (χ2n) is 5.22. The Morgan fingerprint density at radius 1 is 1.21 bits per heavy atom. The molecule has 2 nitrogen and oxygen atoms in total. The molecule has 3 unspecified atom stereocenters. The first-order chi connectivity index (χ1) is 6.81. The summed E-state index contributed by atoms with van der Waals surface area (Å²) >= 11 is 0. The van der Waals surface area contributed by atoms with E-state index < -0.39 is 0 Å². The molecule has 0 radical (unpaired) electrons. The topological polar surface area (TPSA) is 29.3 Å². The van der Waals surface area contributed by atoms with Gasteiger partial charge in [0.25, 0.3) is 0 Å². The van der Waals surface area contributed by atoms with Crippen LogP contribution in [0.3, 0.4) is 0 Å². The van der Waals surface area contributed by atoms with Gasteiger partial charge in [-0.15, -0.1) is 0 Å². The second-order valence-corrected chi connectivity index (χ2v) is 5.22. The van der Waals surface area contributed by atoms with Gasteiger partial charge < -0.3 is 10.6 Å². The minimum Gasteiger partial charge on any atom is -0.330 e. The highest BCUT2D eigenvalue weighted by Gasteiger charge is 2.32. The predicted molar refractivity (Wildman–Crippen MR) is 60.2 cm³/mol. The number of likely N-dealkylation sites (tertiary alicyclic amines) is 1. The van der Waals surface area contributed by atoms with Crippen LogP contribution < -0.4 is 5.73 Å². The van der Waals surface area contributed by atoms with Crippen molar-refractivity contribution in [2.45, 2.75) is 45.1 Å². The molecule has 1 heterocycles. The van der Waals surface area contributed by atoms with Crippen molar-refractivity contribution in [3.8, 4) is 0 Å². The molecule has 1 saturated carbocycles. The average Bonchev–Trinajstić information content (AvgIpc) is 2.70. The van der Waals surface area contributed by atoms with E-state index in [-0.39, 0.29) is 0 Å². The van der Waals surface area contributed by atoms with Crippen molar-refractivity contribution in [1.82, 2.24) is 4.90 Å². The highest BCUT2D eigenvalue weighted by Crippen LogP contribution is 2.33. The van der Waals surface area contributed by atoms with Crippen molar-refractivity contribution in [2.24, 2.45) is 17.6 Å². The number of nitrogens with two attached hydrogens (primary N) is 1. The van der Waals surface area contributed by atoms with Gasteiger partial charge in [0.15, 0.2) is 0 Å². The molecule has 2 rings (SSSR count). The molecular formula is C12H24N2. The van der Waals surface area contributed by atoms with Crippen LogP contribution in [-0.2, 0) is 0 Å². The lowest BCUT2D eigenvalue weighted by molar-refractivity contribution is 0.107. The SMILES string of the molecule is CC1CCC(CN)C(N2CCCC2)C1.